The molecule has 1 rings (SSSR count). The summed E-state index contributed by atoms with van der Waals surface area (Å²) in [5, 5.41) is 11.6. The molecule has 7 heteroatoms. The van der Waals surface area contributed by atoms with E-state index in [1.807, 2.05) is 6.92 Å². The van der Waals surface area contributed by atoms with Crippen LogP contribution in [0.4, 0.5) is 5.69 Å². The van der Waals surface area contributed by atoms with Gasteiger partial charge in [0.2, 0.25) is 5.91 Å². The van der Waals surface area contributed by atoms with Crippen molar-refractivity contribution in [2.45, 2.75) is 13.3 Å². The second-order valence-electron chi connectivity index (χ2n) is 4.72. The quantitative estimate of drug-likeness (QED) is 0.717. The highest BCUT2D eigenvalue weighted by molar-refractivity contribution is 5.94. The lowest BCUT2D eigenvalue weighted by Gasteiger charge is -2.19. The molecule has 7 nitrogen and oxygen atoms in total. The monoisotopic (exact) mass is 310 g/mol. The summed E-state index contributed by atoms with van der Waals surface area (Å²) in [5.74, 6) is -0.150. The summed E-state index contributed by atoms with van der Waals surface area (Å²) in [6.07, 6.45) is 0.770. The van der Waals surface area contributed by atoms with Crippen molar-refractivity contribution in [2.24, 2.45) is 0 Å². The van der Waals surface area contributed by atoms with Crippen molar-refractivity contribution in [1.82, 2.24) is 4.90 Å². The number of aliphatic carboxylic acids is 1. The number of hydrogen-bond acceptors (Lipinski definition) is 5. The largest absolute Gasteiger partial charge is 0.497 e. The molecule has 0 atom stereocenters. The van der Waals surface area contributed by atoms with Crippen LogP contribution in [0.5, 0.6) is 11.5 Å². The summed E-state index contributed by atoms with van der Waals surface area (Å²) in [4.78, 5) is 24.4. The van der Waals surface area contributed by atoms with Crippen LogP contribution in [0.2, 0.25) is 0 Å². The first-order valence-corrected chi connectivity index (χ1v) is 6.96. The standard InChI is InChI=1S/C15H22N2O5/c1-4-7-17(10-15(19)20)9-14(18)16-12-6-5-11(21-2)8-13(12)22-3/h5-6,8H,4,7,9-10H2,1-3H3,(H,16,18)(H,19,20). The van der Waals surface area contributed by atoms with Gasteiger partial charge in [-0.3, -0.25) is 14.5 Å². The van der Waals surface area contributed by atoms with Crippen LogP contribution in [0.15, 0.2) is 18.2 Å². The second-order valence-corrected chi connectivity index (χ2v) is 4.72. The van der Waals surface area contributed by atoms with Gasteiger partial charge in [-0.1, -0.05) is 6.92 Å². The molecule has 0 radical (unpaired) electrons. The van der Waals surface area contributed by atoms with Crippen molar-refractivity contribution >= 4 is 17.6 Å². The summed E-state index contributed by atoms with van der Waals surface area (Å²) >= 11 is 0. The number of benzene rings is 1. The summed E-state index contributed by atoms with van der Waals surface area (Å²) < 4.78 is 10.3. The minimum absolute atomic E-state index is 0.00925. The molecule has 0 fully saturated rings. The van der Waals surface area contributed by atoms with Crippen LogP contribution >= 0.6 is 0 Å². The third kappa shape index (κ3) is 5.61. The maximum Gasteiger partial charge on any atom is 0.317 e. The topological polar surface area (TPSA) is 88.1 Å². The highest BCUT2D eigenvalue weighted by Gasteiger charge is 2.15. The number of methoxy groups -OCH3 is 2. The van der Waals surface area contributed by atoms with Crippen LogP contribution in [0.3, 0.4) is 0 Å². The first-order valence-electron chi connectivity index (χ1n) is 6.96. The summed E-state index contributed by atoms with van der Waals surface area (Å²) in [7, 11) is 3.04. The van der Waals surface area contributed by atoms with Crippen molar-refractivity contribution in [3.63, 3.8) is 0 Å². The molecular weight excluding hydrogens is 288 g/mol. The lowest BCUT2D eigenvalue weighted by atomic mass is 10.2. The third-order valence-corrected chi connectivity index (χ3v) is 2.95. The Morgan fingerprint density at radius 2 is 1.95 bits per heavy atom. The van der Waals surface area contributed by atoms with Gasteiger partial charge in [-0.15, -0.1) is 0 Å². The molecule has 1 aromatic carbocycles. The number of amides is 1. The first kappa shape index (κ1) is 17.8. The van der Waals surface area contributed by atoms with Crippen LogP contribution in [0.1, 0.15) is 13.3 Å². The predicted octanol–water partition coefficient (Wildman–Crippen LogP) is 1.44. The van der Waals surface area contributed by atoms with Gasteiger partial charge in [0.15, 0.2) is 0 Å². The molecule has 0 aliphatic heterocycles. The zero-order valence-electron chi connectivity index (χ0n) is 13.1. The van der Waals surface area contributed by atoms with E-state index in [0.29, 0.717) is 23.7 Å². The molecular formula is C15H22N2O5. The molecule has 1 amide bonds. The Morgan fingerprint density at radius 1 is 1.23 bits per heavy atom. The van der Waals surface area contributed by atoms with Gasteiger partial charge in [0.05, 0.1) is 33.0 Å². The van der Waals surface area contributed by atoms with E-state index in [-0.39, 0.29) is 19.0 Å². The molecule has 22 heavy (non-hydrogen) atoms. The molecule has 0 saturated carbocycles. The maximum absolute atomic E-state index is 12.1. The maximum atomic E-state index is 12.1. The molecule has 0 unspecified atom stereocenters. The average molecular weight is 310 g/mol. The van der Waals surface area contributed by atoms with Crippen molar-refractivity contribution in [1.29, 1.82) is 0 Å². The number of ether oxygens (including phenoxy) is 2. The Balaban J connectivity index is 2.72. The first-order chi connectivity index (χ1) is 10.5. The zero-order chi connectivity index (χ0) is 16.5. The van der Waals surface area contributed by atoms with Gasteiger partial charge in [-0.05, 0) is 25.1 Å². The number of carboxylic acids is 1. The number of carbonyl (C=O) groups excluding carboxylic acids is 1. The van der Waals surface area contributed by atoms with Crippen LogP contribution in [-0.2, 0) is 9.59 Å². The molecule has 0 bridgehead atoms. The van der Waals surface area contributed by atoms with Crippen LogP contribution < -0.4 is 14.8 Å². The van der Waals surface area contributed by atoms with Crippen molar-refractivity contribution in [2.75, 3.05) is 39.2 Å². The number of nitrogens with zero attached hydrogens (tertiary/aromatic N) is 1. The number of anilines is 1. The van der Waals surface area contributed by atoms with Gasteiger partial charge in [-0.2, -0.15) is 0 Å². The van der Waals surface area contributed by atoms with Crippen molar-refractivity contribution < 1.29 is 24.2 Å². The number of carboxylic acid groups (broad SMARTS) is 1. The minimum Gasteiger partial charge on any atom is -0.497 e. The summed E-state index contributed by atoms with van der Waals surface area (Å²) in [6, 6.07) is 5.05. The van der Waals surface area contributed by atoms with Crippen LogP contribution in [-0.4, -0.2) is 55.7 Å². The fourth-order valence-corrected chi connectivity index (χ4v) is 2.02. The number of nitrogens with one attached hydrogen (secondary N) is 1. The van der Waals surface area contributed by atoms with Gasteiger partial charge < -0.3 is 19.9 Å². The van der Waals surface area contributed by atoms with Gasteiger partial charge in [-0.25, -0.2) is 0 Å². The van der Waals surface area contributed by atoms with Crippen molar-refractivity contribution in [3.8, 4) is 11.5 Å². The predicted molar refractivity (Wildman–Crippen MR) is 82.5 cm³/mol. The third-order valence-electron chi connectivity index (χ3n) is 2.95. The molecule has 1 aromatic rings. The average Bonchev–Trinajstić information content (AvgIpc) is 2.47. The lowest BCUT2D eigenvalue weighted by Crippen LogP contribution is -2.37. The highest BCUT2D eigenvalue weighted by Crippen LogP contribution is 2.28. The number of carbonyl (C=O) groups is 2. The van der Waals surface area contributed by atoms with Gasteiger partial charge in [0.25, 0.3) is 0 Å². The molecule has 0 aromatic heterocycles. The van der Waals surface area contributed by atoms with E-state index in [2.05, 4.69) is 5.32 Å². The van der Waals surface area contributed by atoms with E-state index in [0.717, 1.165) is 6.42 Å². The Hall–Kier alpha value is -2.28. The Morgan fingerprint density at radius 3 is 2.50 bits per heavy atom. The fourth-order valence-electron chi connectivity index (χ4n) is 2.02. The van der Waals surface area contributed by atoms with Crippen LogP contribution in [0.25, 0.3) is 0 Å². The fraction of sp³-hybridized carbons (Fsp3) is 0.467. The van der Waals surface area contributed by atoms with E-state index in [1.54, 1.807) is 30.2 Å². The normalized spacial score (nSPS) is 10.4. The van der Waals surface area contributed by atoms with E-state index in [4.69, 9.17) is 14.6 Å². The van der Waals surface area contributed by atoms with Gasteiger partial charge in [0, 0.05) is 6.07 Å². The molecule has 0 aliphatic rings. The molecule has 0 aliphatic carbocycles. The summed E-state index contributed by atoms with van der Waals surface area (Å²) in [5.41, 5.74) is 0.514. The lowest BCUT2D eigenvalue weighted by molar-refractivity contribution is -0.138. The number of rotatable bonds is 9. The SMILES string of the molecule is CCCN(CC(=O)O)CC(=O)Nc1ccc(OC)cc1OC. The van der Waals surface area contributed by atoms with E-state index in [9.17, 15) is 9.59 Å². The Bertz CT molecular complexity index is 519. The Kier molecular flexibility index (Phi) is 7.18. The second kappa shape index (κ2) is 8.89. The van der Waals surface area contributed by atoms with Gasteiger partial charge >= 0.3 is 5.97 Å². The van der Waals surface area contributed by atoms with E-state index >= 15 is 0 Å². The zero-order valence-corrected chi connectivity index (χ0v) is 13.1. The van der Waals surface area contributed by atoms with E-state index < -0.39 is 5.97 Å². The minimum atomic E-state index is -0.955. The molecule has 2 N–H and O–H groups in total. The van der Waals surface area contributed by atoms with Crippen molar-refractivity contribution in [3.05, 3.63) is 18.2 Å². The number of hydrogen-bond donors (Lipinski definition) is 2. The van der Waals surface area contributed by atoms with E-state index in [1.165, 1.54) is 7.11 Å². The Labute approximate surface area is 129 Å². The van der Waals surface area contributed by atoms with Crippen LogP contribution in [0, 0.1) is 0 Å². The molecule has 122 valence electrons. The summed E-state index contributed by atoms with van der Waals surface area (Å²) in [6.45, 7) is 2.31. The van der Waals surface area contributed by atoms with Gasteiger partial charge in [0.1, 0.15) is 11.5 Å². The molecule has 0 saturated heterocycles. The molecule has 0 spiro atoms. The smallest absolute Gasteiger partial charge is 0.317 e. The highest BCUT2D eigenvalue weighted by atomic mass is 16.5. The molecule has 0 heterocycles.